The highest BCUT2D eigenvalue weighted by Crippen LogP contribution is 2.28. The Hall–Kier alpha value is -2.36. The van der Waals surface area contributed by atoms with E-state index in [9.17, 15) is 0 Å². The molecular formula is C20H28IN3O4. The topological polar surface area (TPSA) is 73.3 Å². The lowest BCUT2D eigenvalue weighted by atomic mass is 10.2. The third-order valence-electron chi connectivity index (χ3n) is 4.04. The van der Waals surface area contributed by atoms with E-state index in [1.54, 1.807) is 35.5 Å². The molecule has 154 valence electrons. The smallest absolute Gasteiger partial charge is 0.191 e. The molecule has 0 atom stereocenters. The van der Waals surface area contributed by atoms with E-state index in [4.69, 9.17) is 18.9 Å². The zero-order chi connectivity index (χ0) is 19.6. The summed E-state index contributed by atoms with van der Waals surface area (Å²) in [5.74, 6) is 3.50. The normalized spacial score (nSPS) is 9.61. The number of guanidine groups is 1. The van der Waals surface area contributed by atoms with Crippen molar-refractivity contribution in [1.82, 2.24) is 10.6 Å². The third-order valence-corrected chi connectivity index (χ3v) is 4.04. The summed E-state index contributed by atoms with van der Waals surface area (Å²) in [7, 11) is 8.22. The van der Waals surface area contributed by atoms with Gasteiger partial charge in [0.1, 0.15) is 0 Å². The molecular weight excluding hydrogens is 473 g/mol. The first kappa shape index (κ1) is 23.7. The van der Waals surface area contributed by atoms with Crippen LogP contribution in [0, 0.1) is 0 Å². The van der Waals surface area contributed by atoms with Crippen LogP contribution in [0.15, 0.2) is 41.4 Å². The van der Waals surface area contributed by atoms with Gasteiger partial charge < -0.3 is 29.6 Å². The van der Waals surface area contributed by atoms with Crippen molar-refractivity contribution in [2.75, 3.05) is 35.5 Å². The maximum absolute atomic E-state index is 5.34. The zero-order valence-electron chi connectivity index (χ0n) is 16.9. The van der Waals surface area contributed by atoms with Gasteiger partial charge in [0, 0.05) is 20.1 Å². The second-order valence-electron chi connectivity index (χ2n) is 5.66. The first-order valence-corrected chi connectivity index (χ1v) is 8.51. The van der Waals surface area contributed by atoms with Crippen LogP contribution in [-0.4, -0.2) is 41.4 Å². The van der Waals surface area contributed by atoms with Crippen LogP contribution in [0.4, 0.5) is 0 Å². The number of halogens is 1. The van der Waals surface area contributed by atoms with E-state index in [0.29, 0.717) is 42.0 Å². The molecule has 0 bridgehead atoms. The minimum Gasteiger partial charge on any atom is -0.493 e. The number of hydrogen-bond acceptors (Lipinski definition) is 5. The fourth-order valence-corrected chi connectivity index (χ4v) is 2.57. The van der Waals surface area contributed by atoms with Crippen LogP contribution in [0.3, 0.4) is 0 Å². The maximum atomic E-state index is 5.34. The Balaban J connectivity index is 0.00000392. The quantitative estimate of drug-likeness (QED) is 0.329. The number of benzene rings is 2. The van der Waals surface area contributed by atoms with E-state index in [1.165, 1.54) is 0 Å². The highest BCUT2D eigenvalue weighted by molar-refractivity contribution is 14.0. The molecule has 0 saturated carbocycles. The van der Waals surface area contributed by atoms with Crippen molar-refractivity contribution in [2.24, 2.45) is 4.99 Å². The Morgan fingerprint density at radius 3 is 1.43 bits per heavy atom. The molecule has 0 saturated heterocycles. The van der Waals surface area contributed by atoms with E-state index in [-0.39, 0.29) is 24.0 Å². The first-order valence-electron chi connectivity index (χ1n) is 8.51. The van der Waals surface area contributed by atoms with Gasteiger partial charge in [-0.25, -0.2) is 0 Å². The molecule has 2 rings (SSSR count). The van der Waals surface area contributed by atoms with Crippen molar-refractivity contribution >= 4 is 29.9 Å². The van der Waals surface area contributed by atoms with Gasteiger partial charge in [-0.15, -0.1) is 24.0 Å². The molecule has 0 aliphatic rings. The fourth-order valence-electron chi connectivity index (χ4n) is 2.57. The molecule has 0 radical (unpaired) electrons. The highest BCUT2D eigenvalue weighted by Gasteiger charge is 2.07. The van der Waals surface area contributed by atoms with Gasteiger partial charge in [-0.3, -0.25) is 4.99 Å². The maximum Gasteiger partial charge on any atom is 0.191 e. The van der Waals surface area contributed by atoms with Crippen LogP contribution in [0.25, 0.3) is 0 Å². The summed E-state index contributed by atoms with van der Waals surface area (Å²) in [6.07, 6.45) is 0. The Kier molecular flexibility index (Phi) is 10.3. The largest absolute Gasteiger partial charge is 0.493 e. The number of aliphatic imine (C=N–C) groups is 1. The summed E-state index contributed by atoms with van der Waals surface area (Å²) in [4.78, 5) is 4.25. The second kappa shape index (κ2) is 12.2. The van der Waals surface area contributed by atoms with Crippen LogP contribution >= 0.6 is 24.0 Å². The summed E-state index contributed by atoms with van der Waals surface area (Å²) >= 11 is 0. The third kappa shape index (κ3) is 6.36. The zero-order valence-corrected chi connectivity index (χ0v) is 19.2. The molecule has 2 aromatic carbocycles. The van der Waals surface area contributed by atoms with Crippen LogP contribution in [0.5, 0.6) is 23.0 Å². The molecule has 0 aliphatic carbocycles. The molecule has 0 aromatic heterocycles. The van der Waals surface area contributed by atoms with Gasteiger partial charge in [0.2, 0.25) is 0 Å². The van der Waals surface area contributed by atoms with Gasteiger partial charge in [-0.1, -0.05) is 12.1 Å². The van der Waals surface area contributed by atoms with Gasteiger partial charge in [0.15, 0.2) is 29.0 Å². The van der Waals surface area contributed by atoms with Crippen molar-refractivity contribution < 1.29 is 18.9 Å². The SMILES string of the molecule is CN=C(NCc1ccc(OC)c(OC)c1)NCc1ccc(OC)c(OC)c1.I. The Labute approximate surface area is 183 Å². The molecule has 2 N–H and O–H groups in total. The molecule has 0 fully saturated rings. The number of nitrogens with zero attached hydrogens (tertiary/aromatic N) is 1. The van der Waals surface area contributed by atoms with Gasteiger partial charge >= 0.3 is 0 Å². The van der Waals surface area contributed by atoms with Crippen molar-refractivity contribution in [1.29, 1.82) is 0 Å². The van der Waals surface area contributed by atoms with E-state index in [0.717, 1.165) is 11.1 Å². The minimum absolute atomic E-state index is 0. The number of rotatable bonds is 8. The number of nitrogens with one attached hydrogen (secondary N) is 2. The van der Waals surface area contributed by atoms with Crippen molar-refractivity contribution in [2.45, 2.75) is 13.1 Å². The summed E-state index contributed by atoms with van der Waals surface area (Å²) in [6, 6.07) is 11.6. The molecule has 28 heavy (non-hydrogen) atoms. The highest BCUT2D eigenvalue weighted by atomic mass is 127. The number of hydrogen-bond donors (Lipinski definition) is 2. The van der Waals surface area contributed by atoms with Gasteiger partial charge in [-0.2, -0.15) is 0 Å². The number of methoxy groups -OCH3 is 4. The lowest BCUT2D eigenvalue weighted by Crippen LogP contribution is -2.36. The van der Waals surface area contributed by atoms with Crippen LogP contribution in [-0.2, 0) is 13.1 Å². The summed E-state index contributed by atoms with van der Waals surface area (Å²) in [5, 5.41) is 6.56. The molecule has 0 aliphatic heterocycles. The van der Waals surface area contributed by atoms with Crippen molar-refractivity contribution in [3.05, 3.63) is 47.5 Å². The van der Waals surface area contributed by atoms with E-state index >= 15 is 0 Å². The van der Waals surface area contributed by atoms with Gasteiger partial charge in [0.05, 0.1) is 28.4 Å². The Morgan fingerprint density at radius 1 is 0.714 bits per heavy atom. The average Bonchev–Trinajstić information content (AvgIpc) is 2.73. The molecule has 0 spiro atoms. The van der Waals surface area contributed by atoms with Crippen LogP contribution in [0.2, 0.25) is 0 Å². The number of ether oxygens (including phenoxy) is 4. The average molecular weight is 501 g/mol. The summed E-state index contributed by atoms with van der Waals surface area (Å²) < 4.78 is 21.2. The minimum atomic E-state index is 0. The van der Waals surface area contributed by atoms with E-state index in [2.05, 4.69) is 15.6 Å². The lowest BCUT2D eigenvalue weighted by molar-refractivity contribution is 0.354. The standard InChI is InChI=1S/C20H27N3O4.HI/c1-21-20(22-12-14-6-8-16(24-2)18(10-14)26-4)23-13-15-7-9-17(25-3)19(11-15)27-5;/h6-11H,12-13H2,1-5H3,(H2,21,22,23);1H. The first-order chi connectivity index (χ1) is 13.1. The van der Waals surface area contributed by atoms with Crippen molar-refractivity contribution in [3.63, 3.8) is 0 Å². The molecule has 2 aromatic rings. The van der Waals surface area contributed by atoms with E-state index in [1.807, 2.05) is 36.4 Å². The lowest BCUT2D eigenvalue weighted by Gasteiger charge is -2.14. The molecule has 7 nitrogen and oxygen atoms in total. The van der Waals surface area contributed by atoms with Crippen LogP contribution in [0.1, 0.15) is 11.1 Å². The van der Waals surface area contributed by atoms with Crippen LogP contribution < -0.4 is 29.6 Å². The Bertz CT molecular complexity index is 723. The van der Waals surface area contributed by atoms with Gasteiger partial charge in [-0.05, 0) is 35.4 Å². The molecule has 0 amide bonds. The summed E-state index contributed by atoms with van der Waals surface area (Å²) in [5.41, 5.74) is 2.11. The predicted octanol–water partition coefficient (Wildman–Crippen LogP) is 3.20. The van der Waals surface area contributed by atoms with Gasteiger partial charge in [0.25, 0.3) is 0 Å². The summed E-state index contributed by atoms with van der Waals surface area (Å²) in [6.45, 7) is 1.21. The fraction of sp³-hybridized carbons (Fsp3) is 0.350. The predicted molar refractivity (Wildman–Crippen MR) is 122 cm³/mol. The van der Waals surface area contributed by atoms with E-state index < -0.39 is 0 Å². The van der Waals surface area contributed by atoms with Crippen molar-refractivity contribution in [3.8, 4) is 23.0 Å². The second-order valence-corrected chi connectivity index (χ2v) is 5.66. The molecule has 8 heteroatoms. The molecule has 0 heterocycles. The Morgan fingerprint density at radius 2 is 1.11 bits per heavy atom. The molecule has 0 unspecified atom stereocenters. The monoisotopic (exact) mass is 501 g/mol.